The molecule has 0 amide bonds. The second-order valence-electron chi connectivity index (χ2n) is 22.8. The Morgan fingerprint density at radius 3 is 2.17 bits per heavy atom. The molecule has 0 aromatic carbocycles. The Hall–Kier alpha value is -1.88. The van der Waals surface area contributed by atoms with Gasteiger partial charge in [0.25, 0.3) is 0 Å². The van der Waals surface area contributed by atoms with Crippen molar-refractivity contribution >= 4 is 11.9 Å². The fourth-order valence-corrected chi connectivity index (χ4v) is 15.0. The molecule has 65 heavy (non-hydrogen) atoms. The van der Waals surface area contributed by atoms with Gasteiger partial charge in [-0.05, 0) is 85.4 Å². The first kappa shape index (κ1) is 49.5. The van der Waals surface area contributed by atoms with E-state index in [1.165, 1.54) is 0 Å². The molecule has 0 radical (unpaired) electrons. The second-order valence-corrected chi connectivity index (χ2v) is 22.8. The predicted molar refractivity (Wildman–Crippen MR) is 225 cm³/mol. The zero-order valence-electron chi connectivity index (χ0n) is 38.9. The van der Waals surface area contributed by atoms with Crippen LogP contribution in [0.5, 0.6) is 0 Å². The Kier molecular flexibility index (Phi) is 12.7. The number of aliphatic carboxylic acids is 1. The third-order valence-electron chi connectivity index (χ3n) is 19.3. The Balaban J connectivity index is 1.06. The fraction of sp³-hybridized carbons (Fsp3) is 0.915. The summed E-state index contributed by atoms with van der Waals surface area (Å²) >= 11 is 0. The van der Waals surface area contributed by atoms with Gasteiger partial charge >= 0.3 is 11.9 Å². The molecule has 5 aliphatic carbocycles. The number of carbonyl (C=O) groups is 2. The number of allylic oxidation sites excluding steroid dienone is 2. The van der Waals surface area contributed by atoms with Crippen molar-refractivity contribution in [2.45, 2.75) is 192 Å². The average Bonchev–Trinajstić information content (AvgIpc) is 3.25. The maximum absolute atomic E-state index is 13.1. The van der Waals surface area contributed by atoms with Gasteiger partial charge in [0.2, 0.25) is 12.1 Å². The first-order valence-electron chi connectivity index (χ1n) is 23.7. The molecule has 4 saturated carbocycles. The summed E-state index contributed by atoms with van der Waals surface area (Å²) in [6, 6.07) is 0. The van der Waals surface area contributed by atoms with Gasteiger partial charge in [-0.1, -0.05) is 67.0 Å². The van der Waals surface area contributed by atoms with Crippen molar-refractivity contribution in [1.29, 1.82) is 0 Å². The SMILES string of the molecule is CC[C@H](C)C(=O)O[C@H]1[C@H](O)[C@]2(CO)[C@@H](O)C[C@]3(C)C(=CC[C@@H]4[C@@]5(C)CC[C@H](O[C@@H]6O[C@H](C(=O)O)[C@H]7O[C@]8(O)[C@@H](O[C@@H]7[C@H]6O)O[C@H](CO)[C@@H](O)[C@@H]8O)[C@@](C)(CO)[C@@H]5CC[C@]43C)[C@@H]2CC1(C)C. The first-order chi connectivity index (χ1) is 30.3. The van der Waals surface area contributed by atoms with E-state index in [-0.39, 0.29) is 41.6 Å². The van der Waals surface area contributed by atoms with E-state index in [0.29, 0.717) is 44.9 Å². The van der Waals surface area contributed by atoms with Crippen LogP contribution in [0, 0.1) is 56.2 Å². The Bertz CT molecular complexity index is 1860. The summed E-state index contributed by atoms with van der Waals surface area (Å²) < 4.78 is 35.6. The second kappa shape index (κ2) is 16.6. The molecule has 8 rings (SSSR count). The molecular weight excluding hydrogens is 852 g/mol. The van der Waals surface area contributed by atoms with E-state index in [1.807, 2.05) is 27.7 Å². The molecule has 0 aromatic rings. The standard InChI is InChI=1S/C47H74O18/c1-9-21(2)38(58)64-36-35(55)46(20-50)23(16-41(36,3)4)22-10-11-26-42(5)14-13-28(43(6,19-49)25(42)12-15-44(26,7)45(22,8)17-27(46)51)61-39-30(53)31-32(33(62-39)37(56)57)65-47(59)34(54)29(52)24(18-48)60-40(47)63-31/h10,21,23-36,39-40,48-55,59H,9,11-20H2,1-8H3,(H,56,57)/t21-,23-,24+,25+,26+,27-,28-,29+,30+,31+,32-,33-,34-,35-,36-,39+,40+,42-,43-,44+,45+,46-,47-/m0/s1. The van der Waals surface area contributed by atoms with Crippen molar-refractivity contribution in [1.82, 2.24) is 0 Å². The van der Waals surface area contributed by atoms with Crippen LogP contribution in [-0.2, 0) is 38.0 Å². The zero-order chi connectivity index (χ0) is 47.8. The van der Waals surface area contributed by atoms with E-state index in [1.54, 1.807) is 6.92 Å². The number of carboxylic acids is 1. The summed E-state index contributed by atoms with van der Waals surface area (Å²) in [6.07, 6.45) is -13.1. The van der Waals surface area contributed by atoms with Crippen molar-refractivity contribution in [3.63, 3.8) is 0 Å². The lowest BCUT2D eigenvalue weighted by Gasteiger charge is -2.72. The number of carbonyl (C=O) groups excluding carboxylic acids is 1. The van der Waals surface area contributed by atoms with Crippen molar-refractivity contribution in [3.05, 3.63) is 11.6 Å². The lowest BCUT2D eigenvalue weighted by molar-refractivity contribution is -0.488. The topological polar surface area (TPSA) is 292 Å². The Morgan fingerprint density at radius 1 is 0.862 bits per heavy atom. The third-order valence-corrected chi connectivity index (χ3v) is 19.3. The number of rotatable bonds is 9. The van der Waals surface area contributed by atoms with Crippen LogP contribution in [0.1, 0.15) is 107 Å². The van der Waals surface area contributed by atoms with Crippen LogP contribution in [0.3, 0.4) is 0 Å². The third kappa shape index (κ3) is 6.84. The van der Waals surface area contributed by atoms with Crippen molar-refractivity contribution in [3.8, 4) is 0 Å². The number of aliphatic hydroxyl groups excluding tert-OH is 8. The normalized spacial score (nSPS) is 54.0. The molecule has 0 aromatic heterocycles. The highest BCUT2D eigenvalue weighted by molar-refractivity contribution is 5.73. The van der Waals surface area contributed by atoms with Crippen LogP contribution in [0.2, 0.25) is 0 Å². The highest BCUT2D eigenvalue weighted by atomic mass is 16.8. The lowest BCUT2D eigenvalue weighted by Crippen LogP contribution is -2.77. The van der Waals surface area contributed by atoms with Gasteiger partial charge in [0.15, 0.2) is 12.4 Å². The van der Waals surface area contributed by atoms with Gasteiger partial charge in [0.1, 0.15) is 48.8 Å². The van der Waals surface area contributed by atoms with Crippen LogP contribution in [0.25, 0.3) is 0 Å². The number of hydrogen-bond donors (Lipinski definition) is 10. The van der Waals surface area contributed by atoms with E-state index in [4.69, 9.17) is 28.4 Å². The molecule has 0 unspecified atom stereocenters. The lowest BCUT2D eigenvalue weighted by atomic mass is 9.33. The van der Waals surface area contributed by atoms with Gasteiger partial charge in [-0.25, -0.2) is 4.79 Å². The van der Waals surface area contributed by atoms with Crippen molar-refractivity contribution in [2.75, 3.05) is 19.8 Å². The monoisotopic (exact) mass is 926 g/mol. The van der Waals surface area contributed by atoms with Crippen LogP contribution in [-0.4, -0.2) is 168 Å². The minimum atomic E-state index is -2.78. The summed E-state index contributed by atoms with van der Waals surface area (Å²) in [5.74, 6) is -5.59. The summed E-state index contributed by atoms with van der Waals surface area (Å²) in [6.45, 7) is 14.8. The molecule has 7 fully saturated rings. The predicted octanol–water partition coefficient (Wildman–Crippen LogP) is 0.729. The molecule has 370 valence electrons. The van der Waals surface area contributed by atoms with E-state index in [0.717, 1.165) is 5.57 Å². The number of carboxylic acid groups (broad SMARTS) is 1. The molecule has 10 N–H and O–H groups in total. The summed E-state index contributed by atoms with van der Waals surface area (Å²) in [4.78, 5) is 25.8. The molecule has 23 atom stereocenters. The maximum Gasteiger partial charge on any atom is 0.335 e. The van der Waals surface area contributed by atoms with E-state index < -0.39 is 138 Å². The number of fused-ring (bicyclic) bond motifs is 9. The summed E-state index contributed by atoms with van der Waals surface area (Å²) in [5.41, 5.74) is -3.19. The quantitative estimate of drug-likeness (QED) is 0.0866. The molecule has 18 heteroatoms. The smallest absolute Gasteiger partial charge is 0.335 e. The molecule has 3 heterocycles. The van der Waals surface area contributed by atoms with Gasteiger partial charge < -0.3 is 79.5 Å². The summed E-state index contributed by atoms with van der Waals surface area (Å²) in [5, 5.41) is 112. The van der Waals surface area contributed by atoms with E-state index in [9.17, 15) is 60.7 Å². The molecule has 8 aliphatic rings. The zero-order valence-corrected chi connectivity index (χ0v) is 38.9. The molecule has 18 nitrogen and oxygen atoms in total. The summed E-state index contributed by atoms with van der Waals surface area (Å²) in [7, 11) is 0. The average molecular weight is 927 g/mol. The van der Waals surface area contributed by atoms with Crippen molar-refractivity contribution < 1.29 is 89.1 Å². The number of esters is 1. The highest BCUT2D eigenvalue weighted by Gasteiger charge is 2.74. The van der Waals surface area contributed by atoms with Gasteiger partial charge in [0.05, 0.1) is 43.4 Å². The van der Waals surface area contributed by atoms with E-state index in [2.05, 4.69) is 26.8 Å². The van der Waals surface area contributed by atoms with E-state index >= 15 is 0 Å². The number of aliphatic hydroxyl groups is 9. The van der Waals surface area contributed by atoms with Gasteiger partial charge in [-0.3, -0.25) is 4.79 Å². The fourth-order valence-electron chi connectivity index (χ4n) is 15.0. The molecule has 0 bridgehead atoms. The van der Waals surface area contributed by atoms with Crippen LogP contribution < -0.4 is 0 Å². The molecule has 0 spiro atoms. The van der Waals surface area contributed by atoms with Gasteiger partial charge in [-0.15, -0.1) is 0 Å². The highest BCUT2D eigenvalue weighted by Crippen LogP contribution is 2.76. The minimum Gasteiger partial charge on any atom is -0.479 e. The van der Waals surface area contributed by atoms with Crippen molar-refractivity contribution in [2.24, 2.45) is 56.2 Å². The minimum absolute atomic E-state index is 0.0567. The number of hydrogen-bond acceptors (Lipinski definition) is 17. The van der Waals surface area contributed by atoms with Gasteiger partial charge in [-0.2, -0.15) is 0 Å². The first-order valence-corrected chi connectivity index (χ1v) is 23.7. The maximum atomic E-state index is 13.1. The molecular formula is C47H74O18. The molecule has 3 aliphatic heterocycles. The number of ether oxygens (including phenoxy) is 6. The molecule has 3 saturated heterocycles. The van der Waals surface area contributed by atoms with Crippen LogP contribution in [0.4, 0.5) is 0 Å². The largest absolute Gasteiger partial charge is 0.479 e. The van der Waals surface area contributed by atoms with Crippen LogP contribution >= 0.6 is 0 Å². The Morgan fingerprint density at radius 2 is 1.55 bits per heavy atom. The Labute approximate surface area is 380 Å². The van der Waals surface area contributed by atoms with Crippen LogP contribution in [0.15, 0.2) is 11.6 Å². The van der Waals surface area contributed by atoms with Gasteiger partial charge in [0, 0.05) is 10.8 Å².